The summed E-state index contributed by atoms with van der Waals surface area (Å²) in [6.45, 7) is 1.58. The molecule has 1 aromatic heterocycles. The smallest absolute Gasteiger partial charge is 0.150 e. The molecule has 1 aliphatic heterocycles. The number of ether oxygens (including phenoxy) is 1. The van der Waals surface area contributed by atoms with E-state index in [1.165, 1.54) is 0 Å². The fourth-order valence-corrected chi connectivity index (χ4v) is 2.35. The highest BCUT2D eigenvalue weighted by Gasteiger charge is 2.18. The van der Waals surface area contributed by atoms with Crippen molar-refractivity contribution in [3.63, 3.8) is 0 Å². The molecule has 1 unspecified atom stereocenters. The summed E-state index contributed by atoms with van der Waals surface area (Å²) >= 11 is 0. The Kier molecular flexibility index (Phi) is 2.65. The number of carbonyl (C=O) groups excluding carboxylic acids is 1. The molecule has 3 rings (SSSR count). The molecular weight excluding hydrogens is 216 g/mol. The second-order valence-corrected chi connectivity index (χ2v) is 4.40. The van der Waals surface area contributed by atoms with Crippen LogP contribution in [0.5, 0.6) is 0 Å². The second-order valence-electron chi connectivity index (χ2n) is 4.40. The van der Waals surface area contributed by atoms with Crippen molar-refractivity contribution in [1.29, 1.82) is 0 Å². The molecule has 17 heavy (non-hydrogen) atoms. The van der Waals surface area contributed by atoms with Crippen LogP contribution in [0.4, 0.5) is 0 Å². The van der Waals surface area contributed by atoms with Crippen molar-refractivity contribution in [1.82, 2.24) is 9.78 Å². The van der Waals surface area contributed by atoms with Crippen LogP contribution >= 0.6 is 0 Å². The zero-order chi connectivity index (χ0) is 11.7. The molecule has 0 saturated carbocycles. The van der Waals surface area contributed by atoms with Crippen molar-refractivity contribution >= 4 is 17.2 Å². The normalized spacial score (nSPS) is 20.6. The number of hydrogen-bond donors (Lipinski definition) is 0. The quantitative estimate of drug-likeness (QED) is 0.743. The Morgan fingerprint density at radius 1 is 1.47 bits per heavy atom. The van der Waals surface area contributed by atoms with Crippen LogP contribution < -0.4 is 0 Å². The Bertz CT molecular complexity index is 541. The number of rotatable bonds is 2. The molecule has 0 radical (unpaired) electrons. The van der Waals surface area contributed by atoms with Gasteiger partial charge in [0.05, 0.1) is 24.4 Å². The summed E-state index contributed by atoms with van der Waals surface area (Å²) in [4.78, 5) is 10.7. The molecular formula is C13H14N2O2. The molecule has 4 heteroatoms. The third-order valence-corrected chi connectivity index (χ3v) is 3.24. The molecule has 4 nitrogen and oxygen atoms in total. The van der Waals surface area contributed by atoms with Gasteiger partial charge in [-0.3, -0.25) is 9.48 Å². The van der Waals surface area contributed by atoms with E-state index in [1.807, 2.05) is 29.1 Å². The van der Waals surface area contributed by atoms with Crippen LogP contribution in [0.25, 0.3) is 10.9 Å². The molecule has 0 aliphatic carbocycles. The largest absolute Gasteiger partial charge is 0.379 e. The SMILES string of the molecule is O=Cc1ccc2c(cnn2C2CCCOC2)c1. The third kappa shape index (κ3) is 1.85. The average Bonchev–Trinajstić information content (AvgIpc) is 2.82. The minimum Gasteiger partial charge on any atom is -0.379 e. The van der Waals surface area contributed by atoms with E-state index in [0.717, 1.165) is 43.2 Å². The fraction of sp³-hybridized carbons (Fsp3) is 0.385. The van der Waals surface area contributed by atoms with Gasteiger partial charge in [0.1, 0.15) is 6.29 Å². The first kappa shape index (κ1) is 10.5. The summed E-state index contributed by atoms with van der Waals surface area (Å²) in [5.74, 6) is 0. The molecule has 1 fully saturated rings. The van der Waals surface area contributed by atoms with Crippen LogP contribution in [0.15, 0.2) is 24.4 Å². The van der Waals surface area contributed by atoms with E-state index < -0.39 is 0 Å². The summed E-state index contributed by atoms with van der Waals surface area (Å²) in [5, 5.41) is 5.43. The molecule has 0 N–H and O–H groups in total. The van der Waals surface area contributed by atoms with Gasteiger partial charge in [0.15, 0.2) is 0 Å². The maximum absolute atomic E-state index is 10.7. The van der Waals surface area contributed by atoms with E-state index in [9.17, 15) is 4.79 Å². The predicted octanol–water partition coefficient (Wildman–Crippen LogP) is 2.20. The molecule has 88 valence electrons. The van der Waals surface area contributed by atoms with Crippen LogP contribution in [-0.4, -0.2) is 29.3 Å². The van der Waals surface area contributed by atoms with Crippen molar-refractivity contribution < 1.29 is 9.53 Å². The first-order valence-corrected chi connectivity index (χ1v) is 5.88. The number of benzene rings is 1. The maximum atomic E-state index is 10.7. The number of aldehydes is 1. The van der Waals surface area contributed by atoms with E-state index in [0.29, 0.717) is 11.6 Å². The van der Waals surface area contributed by atoms with Crippen LogP contribution in [0, 0.1) is 0 Å². The highest BCUT2D eigenvalue weighted by atomic mass is 16.5. The lowest BCUT2D eigenvalue weighted by atomic mass is 10.1. The van der Waals surface area contributed by atoms with Gasteiger partial charge >= 0.3 is 0 Å². The van der Waals surface area contributed by atoms with E-state index in [2.05, 4.69) is 5.10 Å². The summed E-state index contributed by atoms with van der Waals surface area (Å²) in [5.41, 5.74) is 1.77. The van der Waals surface area contributed by atoms with E-state index >= 15 is 0 Å². The number of carbonyl (C=O) groups is 1. The standard InChI is InChI=1S/C13H14N2O2/c16-8-10-3-4-13-11(6-10)7-14-15(13)12-2-1-5-17-9-12/h3-4,6-8,12H,1-2,5,9H2. The lowest BCUT2D eigenvalue weighted by Crippen LogP contribution is -2.21. The van der Waals surface area contributed by atoms with Gasteiger partial charge in [0.2, 0.25) is 0 Å². The van der Waals surface area contributed by atoms with Crippen molar-refractivity contribution in [2.24, 2.45) is 0 Å². The highest BCUT2D eigenvalue weighted by molar-refractivity contribution is 5.86. The maximum Gasteiger partial charge on any atom is 0.150 e. The van der Waals surface area contributed by atoms with Crippen LogP contribution in [0.1, 0.15) is 29.2 Å². The molecule has 1 saturated heterocycles. The van der Waals surface area contributed by atoms with Gasteiger partial charge in [-0.2, -0.15) is 5.10 Å². The van der Waals surface area contributed by atoms with Gasteiger partial charge in [0.25, 0.3) is 0 Å². The van der Waals surface area contributed by atoms with Gasteiger partial charge in [-0.1, -0.05) is 0 Å². The van der Waals surface area contributed by atoms with Gasteiger partial charge < -0.3 is 4.74 Å². The van der Waals surface area contributed by atoms with Crippen LogP contribution in [0.3, 0.4) is 0 Å². The Morgan fingerprint density at radius 3 is 3.18 bits per heavy atom. The topological polar surface area (TPSA) is 44.1 Å². The van der Waals surface area contributed by atoms with Crippen molar-refractivity contribution in [3.8, 4) is 0 Å². The monoisotopic (exact) mass is 230 g/mol. The third-order valence-electron chi connectivity index (χ3n) is 3.24. The van der Waals surface area contributed by atoms with Gasteiger partial charge in [0, 0.05) is 17.6 Å². The second kappa shape index (κ2) is 4.30. The Hall–Kier alpha value is -1.68. The Morgan fingerprint density at radius 2 is 2.41 bits per heavy atom. The molecule has 0 spiro atoms. The van der Waals surface area contributed by atoms with Gasteiger partial charge in [-0.15, -0.1) is 0 Å². The minimum atomic E-state index is 0.323. The average molecular weight is 230 g/mol. The van der Waals surface area contributed by atoms with Crippen molar-refractivity contribution in [2.45, 2.75) is 18.9 Å². The Balaban J connectivity index is 2.02. The minimum absolute atomic E-state index is 0.323. The Labute approximate surface area is 99.2 Å². The van der Waals surface area contributed by atoms with Crippen molar-refractivity contribution in [2.75, 3.05) is 13.2 Å². The van der Waals surface area contributed by atoms with Crippen LogP contribution in [-0.2, 0) is 4.74 Å². The summed E-state index contributed by atoms with van der Waals surface area (Å²) in [6.07, 6.45) is 4.86. The fourth-order valence-electron chi connectivity index (χ4n) is 2.35. The number of aromatic nitrogens is 2. The first-order valence-electron chi connectivity index (χ1n) is 5.88. The van der Waals surface area contributed by atoms with E-state index in [-0.39, 0.29) is 0 Å². The molecule has 0 bridgehead atoms. The first-order chi connectivity index (χ1) is 8.38. The highest BCUT2D eigenvalue weighted by Crippen LogP contribution is 2.24. The van der Waals surface area contributed by atoms with Crippen LogP contribution in [0.2, 0.25) is 0 Å². The summed E-state index contributed by atoms with van der Waals surface area (Å²) in [7, 11) is 0. The molecule has 2 heterocycles. The number of fused-ring (bicyclic) bond motifs is 1. The zero-order valence-electron chi connectivity index (χ0n) is 9.50. The zero-order valence-corrected chi connectivity index (χ0v) is 9.50. The molecule has 1 aliphatic rings. The summed E-state index contributed by atoms with van der Waals surface area (Å²) < 4.78 is 7.50. The lowest BCUT2D eigenvalue weighted by Gasteiger charge is -2.23. The summed E-state index contributed by atoms with van der Waals surface area (Å²) in [6, 6.07) is 5.98. The number of hydrogen-bond acceptors (Lipinski definition) is 3. The molecule has 1 aromatic carbocycles. The van der Waals surface area contributed by atoms with E-state index in [1.54, 1.807) is 0 Å². The molecule has 2 aromatic rings. The molecule has 1 atom stereocenters. The van der Waals surface area contributed by atoms with Gasteiger partial charge in [-0.25, -0.2) is 0 Å². The lowest BCUT2D eigenvalue weighted by molar-refractivity contribution is 0.0565. The van der Waals surface area contributed by atoms with Gasteiger partial charge in [-0.05, 0) is 31.0 Å². The predicted molar refractivity (Wildman–Crippen MR) is 64.2 cm³/mol. The van der Waals surface area contributed by atoms with Crippen molar-refractivity contribution in [3.05, 3.63) is 30.0 Å². The molecule has 0 amide bonds. The van der Waals surface area contributed by atoms with E-state index in [4.69, 9.17) is 4.74 Å². The number of nitrogens with zero attached hydrogens (tertiary/aromatic N) is 2.